The minimum atomic E-state index is -1.44. The summed E-state index contributed by atoms with van der Waals surface area (Å²) >= 11 is 0. The first-order valence-corrected chi connectivity index (χ1v) is 9.76. The summed E-state index contributed by atoms with van der Waals surface area (Å²) < 4.78 is 10.8. The van der Waals surface area contributed by atoms with Gasteiger partial charge in [0.25, 0.3) is 0 Å². The van der Waals surface area contributed by atoms with Crippen LogP contribution in [0.3, 0.4) is 0 Å². The molecule has 1 aromatic carbocycles. The fraction of sp³-hybridized carbons (Fsp3) is 0.500. The molecule has 18 heavy (non-hydrogen) atoms. The van der Waals surface area contributed by atoms with Gasteiger partial charge in [-0.05, 0) is 23.6 Å². The maximum atomic E-state index is 8.93. The quantitative estimate of drug-likeness (QED) is 0.441. The van der Waals surface area contributed by atoms with Gasteiger partial charge >= 0.3 is 7.12 Å². The van der Waals surface area contributed by atoms with Gasteiger partial charge in [-0.3, -0.25) is 0 Å². The lowest BCUT2D eigenvalue weighted by atomic mass is 9.80. The molecule has 0 aliphatic rings. The van der Waals surface area contributed by atoms with E-state index in [9.17, 15) is 0 Å². The molecule has 0 fully saturated rings. The molecule has 100 valence electrons. The van der Waals surface area contributed by atoms with Crippen molar-refractivity contribution >= 4 is 20.7 Å². The van der Waals surface area contributed by atoms with Crippen LogP contribution in [0.25, 0.3) is 0 Å². The average Bonchev–Trinajstić information content (AvgIpc) is 2.27. The number of benzene rings is 1. The Bertz CT molecular complexity index is 348. The number of hydrogen-bond acceptors (Lipinski definition) is 4. The zero-order chi connectivity index (χ0) is 13.6. The van der Waals surface area contributed by atoms with Crippen LogP contribution in [0.5, 0.6) is 5.75 Å². The summed E-state index contributed by atoms with van der Waals surface area (Å²) in [5.41, 5.74) is 0.446. The second kappa shape index (κ2) is 6.94. The Balaban J connectivity index is 2.23. The maximum absolute atomic E-state index is 8.93. The third-order valence-corrected chi connectivity index (χ3v) is 4.19. The Morgan fingerprint density at radius 1 is 1.11 bits per heavy atom. The summed E-state index contributed by atoms with van der Waals surface area (Å²) in [5.74, 6) is 0.660. The van der Waals surface area contributed by atoms with E-state index in [1.54, 1.807) is 24.3 Å². The van der Waals surface area contributed by atoms with Crippen LogP contribution in [-0.4, -0.2) is 38.6 Å². The Kier molecular flexibility index (Phi) is 5.88. The van der Waals surface area contributed by atoms with Gasteiger partial charge in [0.15, 0.2) is 6.79 Å². The van der Waals surface area contributed by atoms with Crippen molar-refractivity contribution in [1.82, 2.24) is 0 Å². The topological polar surface area (TPSA) is 58.9 Å². The van der Waals surface area contributed by atoms with Crippen molar-refractivity contribution in [2.45, 2.75) is 25.7 Å². The van der Waals surface area contributed by atoms with E-state index in [2.05, 4.69) is 19.6 Å². The summed E-state index contributed by atoms with van der Waals surface area (Å²) in [7, 11) is -2.48. The van der Waals surface area contributed by atoms with Crippen LogP contribution in [0.1, 0.15) is 0 Å². The minimum Gasteiger partial charge on any atom is -0.468 e. The highest BCUT2D eigenvalue weighted by Gasteiger charge is 2.12. The molecule has 0 heterocycles. The van der Waals surface area contributed by atoms with Gasteiger partial charge in [0.2, 0.25) is 0 Å². The van der Waals surface area contributed by atoms with Gasteiger partial charge in [-0.15, -0.1) is 0 Å². The van der Waals surface area contributed by atoms with Crippen LogP contribution in [-0.2, 0) is 4.74 Å². The van der Waals surface area contributed by atoms with E-state index in [4.69, 9.17) is 19.5 Å². The van der Waals surface area contributed by atoms with E-state index in [1.807, 2.05) is 0 Å². The molecule has 0 aromatic heterocycles. The minimum absolute atomic E-state index is 0.228. The van der Waals surface area contributed by atoms with Crippen molar-refractivity contribution in [3.63, 3.8) is 0 Å². The second-order valence-corrected chi connectivity index (χ2v) is 11.0. The molecule has 0 unspecified atom stereocenters. The van der Waals surface area contributed by atoms with Gasteiger partial charge in [-0.1, -0.05) is 31.8 Å². The molecule has 0 amide bonds. The molecule has 0 radical (unpaired) electrons. The van der Waals surface area contributed by atoms with Crippen molar-refractivity contribution in [1.29, 1.82) is 0 Å². The summed E-state index contributed by atoms with van der Waals surface area (Å²) in [6, 6.07) is 7.73. The monoisotopic (exact) mass is 268 g/mol. The molecule has 2 N–H and O–H groups in total. The predicted octanol–water partition coefficient (Wildman–Crippen LogP) is 1.06. The zero-order valence-electron chi connectivity index (χ0n) is 11.2. The average molecular weight is 268 g/mol. The van der Waals surface area contributed by atoms with Gasteiger partial charge < -0.3 is 19.5 Å². The Hall–Kier alpha value is -0.818. The van der Waals surface area contributed by atoms with Gasteiger partial charge in [-0.2, -0.15) is 0 Å². The lowest BCUT2D eigenvalue weighted by Crippen LogP contribution is -2.29. The summed E-state index contributed by atoms with van der Waals surface area (Å²) in [6.07, 6.45) is 0. The summed E-state index contributed by atoms with van der Waals surface area (Å²) in [6.45, 7) is 7.86. The van der Waals surface area contributed by atoms with Gasteiger partial charge in [-0.25, -0.2) is 0 Å². The van der Waals surface area contributed by atoms with Crippen LogP contribution in [0, 0.1) is 0 Å². The molecule has 0 bridgehead atoms. The molecular weight excluding hydrogens is 247 g/mol. The van der Waals surface area contributed by atoms with Crippen molar-refractivity contribution in [3.05, 3.63) is 24.3 Å². The van der Waals surface area contributed by atoms with Crippen LogP contribution in [0.15, 0.2) is 24.3 Å². The molecule has 6 heteroatoms. The highest BCUT2D eigenvalue weighted by Crippen LogP contribution is 2.09. The molecule has 0 spiro atoms. The molecule has 1 aromatic rings. The van der Waals surface area contributed by atoms with Gasteiger partial charge in [0, 0.05) is 14.7 Å². The molecule has 0 saturated heterocycles. The lowest BCUT2D eigenvalue weighted by Gasteiger charge is -2.15. The van der Waals surface area contributed by atoms with Crippen molar-refractivity contribution in [2.24, 2.45) is 0 Å². The van der Waals surface area contributed by atoms with E-state index in [1.165, 1.54) is 0 Å². The molecule has 0 saturated carbocycles. The van der Waals surface area contributed by atoms with Crippen molar-refractivity contribution in [3.8, 4) is 5.75 Å². The van der Waals surface area contributed by atoms with Crippen molar-refractivity contribution in [2.75, 3.05) is 13.4 Å². The smallest absolute Gasteiger partial charge is 0.468 e. The third-order valence-electron chi connectivity index (χ3n) is 2.48. The summed E-state index contributed by atoms with van der Waals surface area (Å²) in [4.78, 5) is 0. The SMILES string of the molecule is C[Si](C)(C)CCOCOc1ccc(B(O)O)cc1. The Morgan fingerprint density at radius 2 is 1.72 bits per heavy atom. The first-order chi connectivity index (χ1) is 8.38. The van der Waals surface area contributed by atoms with Crippen LogP contribution in [0.2, 0.25) is 25.7 Å². The highest BCUT2D eigenvalue weighted by molar-refractivity contribution is 6.76. The molecule has 4 nitrogen and oxygen atoms in total. The lowest BCUT2D eigenvalue weighted by molar-refractivity contribution is 0.0220. The Labute approximate surface area is 110 Å². The van der Waals surface area contributed by atoms with Gasteiger partial charge in [0.05, 0.1) is 0 Å². The zero-order valence-corrected chi connectivity index (χ0v) is 12.2. The fourth-order valence-electron chi connectivity index (χ4n) is 1.28. The fourth-order valence-corrected chi connectivity index (χ4v) is 2.04. The van der Waals surface area contributed by atoms with E-state index < -0.39 is 15.2 Å². The number of hydrogen-bond donors (Lipinski definition) is 2. The molecule has 0 aliphatic heterocycles. The number of ether oxygens (including phenoxy) is 2. The molecule has 0 atom stereocenters. The molecular formula is C12H21BO4Si. The number of rotatable bonds is 7. The van der Waals surface area contributed by atoms with E-state index in [0.29, 0.717) is 11.2 Å². The van der Waals surface area contributed by atoms with Crippen LogP contribution < -0.4 is 10.2 Å². The van der Waals surface area contributed by atoms with Crippen LogP contribution >= 0.6 is 0 Å². The highest BCUT2D eigenvalue weighted by atomic mass is 28.3. The standard InChI is InChI=1S/C12H21BO4Si/c1-18(2,3)9-8-16-10-17-12-6-4-11(5-7-12)13(14)15/h4-7,14-15H,8-10H2,1-3H3. The van der Waals surface area contributed by atoms with E-state index >= 15 is 0 Å². The third kappa shape index (κ3) is 6.21. The summed E-state index contributed by atoms with van der Waals surface area (Å²) in [5, 5.41) is 17.9. The normalized spacial score (nSPS) is 11.4. The van der Waals surface area contributed by atoms with Crippen molar-refractivity contribution < 1.29 is 19.5 Å². The van der Waals surface area contributed by atoms with E-state index in [-0.39, 0.29) is 6.79 Å². The predicted molar refractivity (Wildman–Crippen MR) is 75.9 cm³/mol. The van der Waals surface area contributed by atoms with E-state index in [0.717, 1.165) is 12.7 Å². The molecule has 0 aliphatic carbocycles. The largest absolute Gasteiger partial charge is 0.488 e. The second-order valence-electron chi connectivity index (χ2n) is 5.42. The van der Waals surface area contributed by atoms with Gasteiger partial charge in [0.1, 0.15) is 5.75 Å². The first kappa shape index (κ1) is 15.2. The van der Waals surface area contributed by atoms with Crippen LogP contribution in [0.4, 0.5) is 0 Å². The first-order valence-electron chi connectivity index (χ1n) is 6.05. The molecule has 1 rings (SSSR count). The Morgan fingerprint density at radius 3 is 2.22 bits per heavy atom. The maximum Gasteiger partial charge on any atom is 0.488 e.